The van der Waals surface area contributed by atoms with E-state index in [0.29, 0.717) is 0 Å². The fourth-order valence-electron chi connectivity index (χ4n) is 3.44. The molecule has 0 radical (unpaired) electrons. The maximum Gasteiger partial charge on any atom is 0.180 e. The molecule has 0 saturated carbocycles. The van der Waals surface area contributed by atoms with Crippen molar-refractivity contribution in [3.63, 3.8) is 0 Å². The van der Waals surface area contributed by atoms with Gasteiger partial charge in [0, 0.05) is 70.6 Å². The molecule has 1 aliphatic heterocycles. The van der Waals surface area contributed by atoms with Crippen molar-refractivity contribution in [1.29, 1.82) is 0 Å². The lowest BCUT2D eigenvalue weighted by atomic mass is 10.2. The summed E-state index contributed by atoms with van der Waals surface area (Å²) in [7, 11) is 3.87. The summed E-state index contributed by atoms with van der Waals surface area (Å²) in [6.45, 7) is 5.70. The minimum Gasteiger partial charge on any atom is -0.385 e. The number of aromatic nitrogens is 4. The van der Waals surface area contributed by atoms with Gasteiger partial charge in [0.2, 0.25) is 0 Å². The van der Waals surface area contributed by atoms with Crippen molar-refractivity contribution in [3.8, 4) is 11.3 Å². The maximum atomic E-state index is 5.09. The second-order valence-corrected chi connectivity index (χ2v) is 7.08. The Morgan fingerprint density at radius 1 is 1.07 bits per heavy atom. The molecule has 0 atom stereocenters. The van der Waals surface area contributed by atoms with E-state index in [9.17, 15) is 0 Å². The summed E-state index contributed by atoms with van der Waals surface area (Å²) in [5, 5.41) is 3.34. The van der Waals surface area contributed by atoms with Crippen molar-refractivity contribution in [2.75, 3.05) is 63.7 Å². The molecule has 0 bridgehead atoms. The molecule has 0 unspecified atom stereocenters. The molecule has 1 fully saturated rings. The van der Waals surface area contributed by atoms with Gasteiger partial charge >= 0.3 is 0 Å². The van der Waals surface area contributed by atoms with E-state index in [2.05, 4.69) is 48.7 Å². The van der Waals surface area contributed by atoms with Crippen LogP contribution in [0.5, 0.6) is 0 Å². The number of methoxy groups -OCH3 is 1. The fraction of sp³-hybridized carbons (Fsp3) is 0.450. The number of nitrogens with zero attached hydrogens (tertiary/aromatic N) is 6. The largest absolute Gasteiger partial charge is 0.385 e. The number of likely N-dealkylation sites (N-methyl/N-ethyl adjacent to an activating group) is 1. The topological polar surface area (TPSA) is 70.8 Å². The number of hydrogen-bond donors (Lipinski definition) is 1. The van der Waals surface area contributed by atoms with Crippen LogP contribution in [-0.4, -0.2) is 77.7 Å². The monoisotopic (exact) mass is 381 g/mol. The Balaban J connectivity index is 1.52. The van der Waals surface area contributed by atoms with Crippen LogP contribution in [0.1, 0.15) is 6.42 Å². The van der Waals surface area contributed by atoms with Crippen LogP contribution in [0.3, 0.4) is 0 Å². The van der Waals surface area contributed by atoms with Gasteiger partial charge in [-0.1, -0.05) is 0 Å². The Bertz CT molecular complexity index is 901. The summed E-state index contributed by atoms with van der Waals surface area (Å²) in [6, 6.07) is 4.22. The number of nitrogens with one attached hydrogen (secondary N) is 1. The normalized spacial score (nSPS) is 15.3. The first kappa shape index (κ1) is 18.6. The van der Waals surface area contributed by atoms with Gasteiger partial charge in [-0.3, -0.25) is 4.40 Å². The van der Waals surface area contributed by atoms with E-state index in [0.717, 1.165) is 74.3 Å². The molecular weight excluding hydrogens is 354 g/mol. The molecule has 1 saturated heterocycles. The van der Waals surface area contributed by atoms with Gasteiger partial charge in [-0.05, 0) is 25.6 Å². The summed E-state index contributed by atoms with van der Waals surface area (Å²) in [5.41, 5.74) is 2.87. The highest BCUT2D eigenvalue weighted by Crippen LogP contribution is 2.24. The molecule has 148 valence electrons. The van der Waals surface area contributed by atoms with Crippen LogP contribution in [0.15, 0.2) is 36.9 Å². The number of ether oxygens (including phenoxy) is 1. The van der Waals surface area contributed by atoms with Gasteiger partial charge in [-0.25, -0.2) is 15.0 Å². The van der Waals surface area contributed by atoms with E-state index in [4.69, 9.17) is 9.72 Å². The van der Waals surface area contributed by atoms with E-state index in [-0.39, 0.29) is 0 Å². The molecule has 28 heavy (non-hydrogen) atoms. The van der Waals surface area contributed by atoms with Crippen LogP contribution in [0, 0.1) is 0 Å². The molecule has 3 aromatic heterocycles. The first-order valence-electron chi connectivity index (χ1n) is 9.71. The third-order valence-corrected chi connectivity index (χ3v) is 5.12. The molecule has 8 heteroatoms. The third kappa shape index (κ3) is 3.93. The van der Waals surface area contributed by atoms with Crippen molar-refractivity contribution >= 4 is 17.3 Å². The van der Waals surface area contributed by atoms with E-state index < -0.39 is 0 Å². The van der Waals surface area contributed by atoms with E-state index in [1.165, 1.54) is 0 Å². The number of imidazole rings is 1. The average molecular weight is 381 g/mol. The summed E-state index contributed by atoms with van der Waals surface area (Å²) in [6.07, 6.45) is 8.47. The number of piperazine rings is 1. The Labute approximate surface area is 165 Å². The zero-order valence-electron chi connectivity index (χ0n) is 16.5. The summed E-state index contributed by atoms with van der Waals surface area (Å²) < 4.78 is 7.15. The lowest BCUT2D eigenvalue weighted by molar-refractivity contribution is 0.198. The highest BCUT2D eigenvalue weighted by atomic mass is 16.5. The van der Waals surface area contributed by atoms with Crippen LogP contribution in [0.2, 0.25) is 0 Å². The highest BCUT2D eigenvalue weighted by molar-refractivity contribution is 5.70. The van der Waals surface area contributed by atoms with Gasteiger partial charge in [-0.2, -0.15) is 0 Å². The van der Waals surface area contributed by atoms with Crippen LogP contribution < -0.4 is 10.2 Å². The van der Waals surface area contributed by atoms with Crippen molar-refractivity contribution in [2.24, 2.45) is 0 Å². The van der Waals surface area contributed by atoms with Crippen LogP contribution >= 0.6 is 0 Å². The quantitative estimate of drug-likeness (QED) is 0.628. The Kier molecular flexibility index (Phi) is 5.68. The molecule has 0 spiro atoms. The molecule has 4 heterocycles. The molecular formula is C20H27N7O. The smallest absolute Gasteiger partial charge is 0.180 e. The minimum absolute atomic E-state index is 0.723. The molecule has 8 nitrogen and oxygen atoms in total. The predicted octanol–water partition coefficient (Wildman–Crippen LogP) is 1.99. The number of hydrogen-bond acceptors (Lipinski definition) is 7. The molecule has 1 N–H and O–H groups in total. The van der Waals surface area contributed by atoms with Gasteiger partial charge < -0.3 is 19.9 Å². The van der Waals surface area contributed by atoms with Crippen LogP contribution in [-0.2, 0) is 4.74 Å². The molecule has 0 aliphatic carbocycles. The van der Waals surface area contributed by atoms with E-state index >= 15 is 0 Å². The number of pyridine rings is 1. The van der Waals surface area contributed by atoms with Gasteiger partial charge in [0.15, 0.2) is 11.5 Å². The fourth-order valence-corrected chi connectivity index (χ4v) is 3.44. The molecule has 0 aromatic carbocycles. The lowest BCUT2D eigenvalue weighted by Gasteiger charge is -2.33. The SMILES string of the molecule is COCCCNc1nccn2c(-c3ccc(N4CCN(C)CC4)nc3)cnc12. The minimum atomic E-state index is 0.723. The summed E-state index contributed by atoms with van der Waals surface area (Å²) in [5.74, 6) is 1.82. The summed E-state index contributed by atoms with van der Waals surface area (Å²) >= 11 is 0. The maximum absolute atomic E-state index is 5.09. The zero-order chi connectivity index (χ0) is 19.3. The average Bonchev–Trinajstić information content (AvgIpc) is 3.17. The standard InChI is InChI=1S/C20H27N7O/c1-25-9-11-26(12-10-25)18-5-4-16(14-23-18)17-15-24-20-19(21-6-3-13-28-2)22-7-8-27(17)20/h4-5,7-8,14-15H,3,6,9-13H2,1-2H3,(H,21,22). The van der Waals surface area contributed by atoms with Gasteiger partial charge in [0.1, 0.15) is 5.82 Å². The van der Waals surface area contributed by atoms with Crippen molar-refractivity contribution in [3.05, 3.63) is 36.9 Å². The highest BCUT2D eigenvalue weighted by Gasteiger charge is 2.16. The second-order valence-electron chi connectivity index (χ2n) is 7.08. The molecule has 0 amide bonds. The molecule has 1 aliphatic rings. The van der Waals surface area contributed by atoms with Gasteiger partial charge in [0.05, 0.1) is 11.9 Å². The Morgan fingerprint density at radius 2 is 1.93 bits per heavy atom. The molecule has 3 aromatic rings. The van der Waals surface area contributed by atoms with E-state index in [1.54, 1.807) is 13.3 Å². The van der Waals surface area contributed by atoms with Crippen molar-refractivity contribution in [2.45, 2.75) is 6.42 Å². The second kappa shape index (κ2) is 8.53. The first-order valence-corrected chi connectivity index (χ1v) is 9.71. The number of rotatable bonds is 7. The van der Waals surface area contributed by atoms with Crippen LogP contribution in [0.25, 0.3) is 16.9 Å². The Hall–Kier alpha value is -2.71. The number of fused-ring (bicyclic) bond motifs is 1. The van der Waals surface area contributed by atoms with E-state index in [1.807, 2.05) is 18.6 Å². The van der Waals surface area contributed by atoms with Gasteiger partial charge in [-0.15, -0.1) is 0 Å². The predicted molar refractivity (Wildman–Crippen MR) is 111 cm³/mol. The zero-order valence-corrected chi connectivity index (χ0v) is 16.5. The summed E-state index contributed by atoms with van der Waals surface area (Å²) in [4.78, 5) is 18.4. The lowest BCUT2D eigenvalue weighted by Crippen LogP contribution is -2.44. The number of anilines is 2. The Morgan fingerprint density at radius 3 is 2.68 bits per heavy atom. The van der Waals surface area contributed by atoms with Crippen LogP contribution in [0.4, 0.5) is 11.6 Å². The first-order chi connectivity index (χ1) is 13.8. The molecule has 4 rings (SSSR count). The van der Waals surface area contributed by atoms with Crippen molar-refractivity contribution < 1.29 is 4.74 Å². The third-order valence-electron chi connectivity index (χ3n) is 5.12. The van der Waals surface area contributed by atoms with Gasteiger partial charge in [0.25, 0.3) is 0 Å². The van der Waals surface area contributed by atoms with Crippen molar-refractivity contribution in [1.82, 2.24) is 24.3 Å².